The summed E-state index contributed by atoms with van der Waals surface area (Å²) in [6.45, 7) is 1.52. The van der Waals surface area contributed by atoms with Crippen molar-refractivity contribution in [3.8, 4) is 5.75 Å². The number of carbonyl (C=O) groups excluding carboxylic acids is 2. The number of rotatable bonds is 7. The van der Waals surface area contributed by atoms with Gasteiger partial charge >= 0.3 is 5.97 Å². The van der Waals surface area contributed by atoms with Gasteiger partial charge in [0.15, 0.2) is 6.10 Å². The number of nitrogens with one attached hydrogen (secondary N) is 1. The number of methoxy groups -OCH3 is 1. The zero-order valence-corrected chi connectivity index (χ0v) is 17.0. The van der Waals surface area contributed by atoms with E-state index in [2.05, 4.69) is 10.3 Å². The highest BCUT2D eigenvalue weighted by Crippen LogP contribution is 2.28. The average molecular weight is 419 g/mol. The molecule has 0 aliphatic heterocycles. The molecule has 0 saturated carbocycles. The number of hydrogen-bond donors (Lipinski definition) is 1. The number of nitrogens with zero attached hydrogens (tertiary/aromatic N) is 1. The summed E-state index contributed by atoms with van der Waals surface area (Å²) in [6.07, 6.45) is -0.335. The van der Waals surface area contributed by atoms with Gasteiger partial charge in [0.1, 0.15) is 5.75 Å². The number of aryl methyl sites for hydroxylation is 1. The van der Waals surface area contributed by atoms with E-state index in [9.17, 15) is 9.59 Å². The van der Waals surface area contributed by atoms with E-state index in [-0.39, 0.29) is 6.42 Å². The second-order valence-electron chi connectivity index (χ2n) is 6.04. The van der Waals surface area contributed by atoms with Gasteiger partial charge in [-0.2, -0.15) is 0 Å². The van der Waals surface area contributed by atoms with Crippen molar-refractivity contribution in [2.75, 3.05) is 12.4 Å². The largest absolute Gasteiger partial charge is 0.495 e. The molecule has 1 aromatic heterocycles. The zero-order valence-electron chi connectivity index (χ0n) is 15.4. The van der Waals surface area contributed by atoms with Crippen LogP contribution in [0.5, 0.6) is 5.75 Å². The van der Waals surface area contributed by atoms with Crippen LogP contribution in [0.15, 0.2) is 42.5 Å². The number of amides is 1. The van der Waals surface area contributed by atoms with Crippen LogP contribution in [0.3, 0.4) is 0 Å². The SMILES string of the molecule is COc1ccc(Cl)cc1NC(=O)[C@H](C)OC(=O)CCc1nc2ccccc2s1. The Balaban J connectivity index is 1.53. The Morgan fingerprint density at radius 2 is 2.04 bits per heavy atom. The fraction of sp³-hybridized carbons (Fsp3) is 0.250. The number of esters is 1. The van der Waals surface area contributed by atoms with Crippen LogP contribution in [-0.2, 0) is 20.7 Å². The van der Waals surface area contributed by atoms with Crippen molar-refractivity contribution in [3.63, 3.8) is 0 Å². The molecule has 0 fully saturated rings. The zero-order chi connectivity index (χ0) is 20.1. The topological polar surface area (TPSA) is 77.5 Å². The minimum atomic E-state index is -0.952. The van der Waals surface area contributed by atoms with E-state index in [1.165, 1.54) is 14.0 Å². The lowest BCUT2D eigenvalue weighted by atomic mass is 10.2. The summed E-state index contributed by atoms with van der Waals surface area (Å²) in [7, 11) is 1.49. The first-order valence-corrected chi connectivity index (χ1v) is 9.84. The van der Waals surface area contributed by atoms with Crippen molar-refractivity contribution in [2.45, 2.75) is 25.9 Å². The van der Waals surface area contributed by atoms with Crippen molar-refractivity contribution in [1.82, 2.24) is 4.98 Å². The van der Waals surface area contributed by atoms with Gasteiger partial charge in [-0.05, 0) is 37.3 Å². The van der Waals surface area contributed by atoms with Crippen LogP contribution >= 0.6 is 22.9 Å². The molecule has 28 heavy (non-hydrogen) atoms. The van der Waals surface area contributed by atoms with E-state index >= 15 is 0 Å². The Morgan fingerprint density at radius 1 is 1.25 bits per heavy atom. The first kappa shape index (κ1) is 20.1. The molecular weight excluding hydrogens is 400 g/mol. The van der Waals surface area contributed by atoms with Crippen LogP contribution in [0, 0.1) is 0 Å². The Morgan fingerprint density at radius 3 is 2.79 bits per heavy atom. The Bertz CT molecular complexity index is 972. The molecule has 0 aliphatic carbocycles. The summed E-state index contributed by atoms with van der Waals surface area (Å²) >= 11 is 7.50. The number of thiazole rings is 1. The van der Waals surface area contributed by atoms with Crippen molar-refractivity contribution >= 4 is 50.7 Å². The summed E-state index contributed by atoms with van der Waals surface area (Å²) in [5.74, 6) is -0.457. The normalized spacial score (nSPS) is 11.8. The summed E-state index contributed by atoms with van der Waals surface area (Å²) in [6, 6.07) is 12.7. The van der Waals surface area contributed by atoms with Crippen molar-refractivity contribution in [2.24, 2.45) is 0 Å². The number of halogens is 1. The van der Waals surface area contributed by atoms with Gasteiger partial charge in [-0.15, -0.1) is 11.3 Å². The summed E-state index contributed by atoms with van der Waals surface area (Å²) in [4.78, 5) is 28.9. The minimum absolute atomic E-state index is 0.151. The highest BCUT2D eigenvalue weighted by molar-refractivity contribution is 7.18. The molecule has 1 N–H and O–H groups in total. The van der Waals surface area contributed by atoms with Gasteiger partial charge in [0, 0.05) is 11.4 Å². The van der Waals surface area contributed by atoms with Crippen LogP contribution in [0.4, 0.5) is 5.69 Å². The molecule has 0 bridgehead atoms. The van der Waals surface area contributed by atoms with E-state index in [1.807, 2.05) is 24.3 Å². The molecular formula is C20H19ClN2O4S. The van der Waals surface area contributed by atoms with Gasteiger partial charge < -0.3 is 14.8 Å². The molecule has 0 spiro atoms. The van der Waals surface area contributed by atoms with E-state index in [4.69, 9.17) is 21.1 Å². The number of benzene rings is 2. The maximum absolute atomic E-state index is 12.3. The lowest BCUT2D eigenvalue weighted by Gasteiger charge is -2.15. The first-order valence-electron chi connectivity index (χ1n) is 8.64. The molecule has 3 aromatic rings. The van der Waals surface area contributed by atoms with E-state index in [1.54, 1.807) is 29.5 Å². The minimum Gasteiger partial charge on any atom is -0.495 e. The number of ether oxygens (including phenoxy) is 2. The molecule has 1 heterocycles. The molecule has 6 nitrogen and oxygen atoms in total. The standard InChI is InChI=1S/C20H19ClN2O4S/c1-12(20(25)23-15-11-13(21)7-8-16(15)26-2)27-19(24)10-9-18-22-14-5-3-4-6-17(14)28-18/h3-8,11-12H,9-10H2,1-2H3,(H,23,25)/t12-/m0/s1. The monoisotopic (exact) mass is 418 g/mol. The lowest BCUT2D eigenvalue weighted by Crippen LogP contribution is -2.30. The van der Waals surface area contributed by atoms with Gasteiger partial charge in [-0.25, -0.2) is 4.98 Å². The van der Waals surface area contributed by atoms with Gasteiger partial charge in [0.25, 0.3) is 5.91 Å². The fourth-order valence-electron chi connectivity index (χ4n) is 2.56. The Hall–Kier alpha value is -2.64. The molecule has 146 valence electrons. The summed E-state index contributed by atoms with van der Waals surface area (Å²) in [5, 5.41) is 3.98. The number of fused-ring (bicyclic) bond motifs is 1. The lowest BCUT2D eigenvalue weighted by molar-refractivity contribution is -0.153. The maximum atomic E-state index is 12.3. The van der Waals surface area contributed by atoms with Crippen LogP contribution in [0.2, 0.25) is 5.02 Å². The molecule has 1 amide bonds. The molecule has 8 heteroatoms. The number of aromatic nitrogens is 1. The van der Waals surface area contributed by atoms with Gasteiger partial charge in [0.2, 0.25) is 0 Å². The summed E-state index contributed by atoms with van der Waals surface area (Å²) in [5.41, 5.74) is 1.33. The molecule has 0 aliphatic rings. The highest BCUT2D eigenvalue weighted by Gasteiger charge is 2.19. The third-order valence-corrected chi connectivity index (χ3v) is 5.31. The predicted molar refractivity (Wildman–Crippen MR) is 110 cm³/mol. The quantitative estimate of drug-likeness (QED) is 0.573. The molecule has 2 aromatic carbocycles. The van der Waals surface area contributed by atoms with Crippen molar-refractivity contribution < 1.29 is 19.1 Å². The second-order valence-corrected chi connectivity index (χ2v) is 7.59. The first-order chi connectivity index (χ1) is 13.5. The fourth-order valence-corrected chi connectivity index (χ4v) is 3.70. The number of anilines is 1. The van der Waals surface area contributed by atoms with Gasteiger partial charge in [-0.3, -0.25) is 9.59 Å². The number of carbonyl (C=O) groups is 2. The third kappa shape index (κ3) is 4.99. The number of para-hydroxylation sites is 1. The second kappa shape index (κ2) is 9.03. The smallest absolute Gasteiger partial charge is 0.306 e. The van der Waals surface area contributed by atoms with Crippen LogP contribution < -0.4 is 10.1 Å². The molecule has 1 atom stereocenters. The predicted octanol–water partition coefficient (Wildman–Crippen LogP) is 4.46. The van der Waals surface area contributed by atoms with Crippen LogP contribution in [-0.4, -0.2) is 30.1 Å². The molecule has 0 unspecified atom stereocenters. The van der Waals surface area contributed by atoms with Crippen molar-refractivity contribution in [3.05, 3.63) is 52.5 Å². The van der Waals surface area contributed by atoms with Gasteiger partial charge in [-0.1, -0.05) is 23.7 Å². The van der Waals surface area contributed by atoms with E-state index in [0.29, 0.717) is 22.9 Å². The number of hydrogen-bond acceptors (Lipinski definition) is 6. The van der Waals surface area contributed by atoms with E-state index in [0.717, 1.165) is 15.2 Å². The third-order valence-electron chi connectivity index (χ3n) is 3.98. The Kier molecular flexibility index (Phi) is 6.49. The molecule has 0 saturated heterocycles. The van der Waals surface area contributed by atoms with Crippen LogP contribution in [0.1, 0.15) is 18.4 Å². The highest BCUT2D eigenvalue weighted by atomic mass is 35.5. The molecule has 0 radical (unpaired) electrons. The molecule has 3 rings (SSSR count). The average Bonchev–Trinajstić information content (AvgIpc) is 3.09. The van der Waals surface area contributed by atoms with E-state index < -0.39 is 18.0 Å². The van der Waals surface area contributed by atoms with Crippen LogP contribution in [0.25, 0.3) is 10.2 Å². The summed E-state index contributed by atoms with van der Waals surface area (Å²) < 4.78 is 11.5. The van der Waals surface area contributed by atoms with Crippen molar-refractivity contribution in [1.29, 1.82) is 0 Å². The Labute approximate surface area is 171 Å². The maximum Gasteiger partial charge on any atom is 0.306 e. The van der Waals surface area contributed by atoms with Gasteiger partial charge in [0.05, 0.1) is 34.4 Å².